The minimum atomic E-state index is -0.213. The molecule has 2 aromatic rings. The normalized spacial score (nSPS) is 17.1. The number of carbonyl (C=O) groups is 1. The molecule has 1 aliphatic heterocycles. The van der Waals surface area contributed by atoms with Crippen molar-refractivity contribution in [2.75, 3.05) is 13.1 Å². The summed E-state index contributed by atoms with van der Waals surface area (Å²) in [4.78, 5) is 26.9. The Labute approximate surface area is 141 Å². The van der Waals surface area contributed by atoms with Crippen molar-refractivity contribution in [3.63, 3.8) is 0 Å². The molecule has 0 aliphatic carbocycles. The number of carbonyl (C=O) groups excluding carboxylic acids is 1. The Morgan fingerprint density at radius 1 is 1.21 bits per heavy atom. The van der Waals surface area contributed by atoms with Gasteiger partial charge in [-0.25, -0.2) is 0 Å². The van der Waals surface area contributed by atoms with Gasteiger partial charge in [0.25, 0.3) is 11.5 Å². The van der Waals surface area contributed by atoms with E-state index in [2.05, 4.69) is 0 Å². The maximum Gasteiger partial charge on any atom is 0.263 e. The molecule has 0 spiro atoms. The number of aryl methyl sites for hydroxylation is 1. The second-order valence-corrected chi connectivity index (χ2v) is 6.03. The number of amides is 1. The molecule has 2 heterocycles. The van der Waals surface area contributed by atoms with Gasteiger partial charge in [-0.15, -0.1) is 0 Å². The Hall–Kier alpha value is -2.56. The van der Waals surface area contributed by atoms with Crippen LogP contribution >= 0.6 is 0 Å². The van der Waals surface area contributed by atoms with Crippen molar-refractivity contribution in [3.8, 4) is 5.75 Å². The lowest BCUT2D eigenvalue weighted by molar-refractivity contribution is 0.0770. The number of pyridine rings is 1. The third-order valence-corrected chi connectivity index (χ3v) is 4.42. The average Bonchev–Trinajstić information content (AvgIpc) is 3.04. The third kappa shape index (κ3) is 3.20. The topological polar surface area (TPSA) is 51.5 Å². The molecule has 1 amide bonds. The fraction of sp³-hybridized carbons (Fsp3) is 0.368. The van der Waals surface area contributed by atoms with Gasteiger partial charge in [-0.2, -0.15) is 0 Å². The molecule has 0 unspecified atom stereocenters. The van der Waals surface area contributed by atoms with Crippen LogP contribution in [0.5, 0.6) is 5.75 Å². The quantitative estimate of drug-likeness (QED) is 0.867. The second-order valence-electron chi connectivity index (χ2n) is 6.03. The van der Waals surface area contributed by atoms with E-state index in [1.807, 2.05) is 50.2 Å². The molecule has 0 N–H and O–H groups in total. The summed E-state index contributed by atoms with van der Waals surface area (Å²) >= 11 is 0. The molecule has 0 saturated carbocycles. The number of rotatable bonds is 4. The molecule has 1 aromatic heterocycles. The van der Waals surface area contributed by atoms with Crippen molar-refractivity contribution in [2.24, 2.45) is 0 Å². The number of hydrogen-bond donors (Lipinski definition) is 0. The van der Waals surface area contributed by atoms with Crippen LogP contribution in [-0.4, -0.2) is 34.6 Å². The summed E-state index contributed by atoms with van der Waals surface area (Å²) in [5.41, 5.74) is 0.892. The summed E-state index contributed by atoms with van der Waals surface area (Å²) in [6.07, 6.45) is 0.740. The van der Waals surface area contributed by atoms with Crippen LogP contribution in [0.3, 0.4) is 0 Å². The Morgan fingerprint density at radius 3 is 2.67 bits per heavy atom. The van der Waals surface area contributed by atoms with E-state index in [1.165, 1.54) is 0 Å². The first-order chi connectivity index (χ1) is 11.6. The summed E-state index contributed by atoms with van der Waals surface area (Å²) in [5, 5.41) is 0. The highest BCUT2D eigenvalue weighted by molar-refractivity contribution is 5.94. The molecule has 1 saturated heterocycles. The van der Waals surface area contributed by atoms with E-state index in [4.69, 9.17) is 4.74 Å². The molecule has 3 rings (SSSR count). The van der Waals surface area contributed by atoms with Gasteiger partial charge >= 0.3 is 0 Å². The van der Waals surface area contributed by atoms with Crippen molar-refractivity contribution in [1.82, 2.24) is 9.47 Å². The van der Waals surface area contributed by atoms with Crippen molar-refractivity contribution in [3.05, 3.63) is 64.1 Å². The van der Waals surface area contributed by atoms with Crippen molar-refractivity contribution < 1.29 is 9.53 Å². The number of aromatic nitrogens is 1. The van der Waals surface area contributed by atoms with Crippen LogP contribution < -0.4 is 10.3 Å². The zero-order chi connectivity index (χ0) is 17.1. The van der Waals surface area contributed by atoms with E-state index in [1.54, 1.807) is 15.5 Å². The highest BCUT2D eigenvalue weighted by Gasteiger charge is 2.29. The van der Waals surface area contributed by atoms with Gasteiger partial charge < -0.3 is 14.2 Å². The lowest BCUT2D eigenvalue weighted by Crippen LogP contribution is -2.36. The highest BCUT2D eigenvalue weighted by Crippen LogP contribution is 2.19. The standard InChI is InChI=1S/C19H22N2O3/c1-3-21-14(2)9-10-17(19(21)23)18(22)20-12-11-16(13-20)24-15-7-5-4-6-8-15/h4-10,16H,3,11-13H2,1-2H3/t16-/m1/s1. The Morgan fingerprint density at radius 2 is 1.96 bits per heavy atom. The van der Waals surface area contributed by atoms with E-state index < -0.39 is 0 Å². The lowest BCUT2D eigenvalue weighted by atomic mass is 10.2. The van der Waals surface area contributed by atoms with E-state index in [-0.39, 0.29) is 23.1 Å². The van der Waals surface area contributed by atoms with Gasteiger partial charge in [0.15, 0.2) is 0 Å². The van der Waals surface area contributed by atoms with Crippen LogP contribution in [-0.2, 0) is 6.54 Å². The minimum Gasteiger partial charge on any atom is -0.489 e. The van der Waals surface area contributed by atoms with Gasteiger partial charge in [-0.3, -0.25) is 9.59 Å². The van der Waals surface area contributed by atoms with E-state index in [0.717, 1.165) is 17.9 Å². The minimum absolute atomic E-state index is 0.0322. The predicted octanol–water partition coefficient (Wildman–Crippen LogP) is 2.47. The first kappa shape index (κ1) is 16.3. The first-order valence-electron chi connectivity index (χ1n) is 8.31. The zero-order valence-electron chi connectivity index (χ0n) is 14.1. The summed E-state index contributed by atoms with van der Waals surface area (Å²) in [6, 6.07) is 13.1. The average molecular weight is 326 g/mol. The summed E-state index contributed by atoms with van der Waals surface area (Å²) in [6.45, 7) is 5.45. The Kier molecular flexibility index (Phi) is 4.69. The molecule has 1 aliphatic rings. The number of nitrogens with zero attached hydrogens (tertiary/aromatic N) is 2. The lowest BCUT2D eigenvalue weighted by Gasteiger charge is -2.18. The number of likely N-dealkylation sites (tertiary alicyclic amines) is 1. The van der Waals surface area contributed by atoms with Crippen molar-refractivity contribution >= 4 is 5.91 Å². The molecule has 24 heavy (non-hydrogen) atoms. The largest absolute Gasteiger partial charge is 0.489 e. The van der Waals surface area contributed by atoms with Crippen molar-refractivity contribution in [2.45, 2.75) is 32.9 Å². The number of para-hydroxylation sites is 1. The highest BCUT2D eigenvalue weighted by atomic mass is 16.5. The molecular formula is C19H22N2O3. The molecule has 1 aromatic carbocycles. The van der Waals surface area contributed by atoms with Crippen LogP contribution in [0.4, 0.5) is 0 Å². The summed E-state index contributed by atoms with van der Waals surface area (Å²) < 4.78 is 7.53. The monoisotopic (exact) mass is 326 g/mol. The van der Waals surface area contributed by atoms with Gasteiger partial charge in [0.2, 0.25) is 0 Å². The molecule has 5 nitrogen and oxygen atoms in total. The summed E-state index contributed by atoms with van der Waals surface area (Å²) in [5.74, 6) is 0.599. The molecule has 126 valence electrons. The SMILES string of the molecule is CCn1c(C)ccc(C(=O)N2CC[C@@H](Oc3ccccc3)C2)c1=O. The number of benzene rings is 1. The predicted molar refractivity (Wildman–Crippen MR) is 92.5 cm³/mol. The zero-order valence-corrected chi connectivity index (χ0v) is 14.1. The van der Waals surface area contributed by atoms with Gasteiger partial charge in [-0.1, -0.05) is 18.2 Å². The molecular weight excluding hydrogens is 304 g/mol. The van der Waals surface area contributed by atoms with E-state index >= 15 is 0 Å². The maximum atomic E-state index is 12.7. The fourth-order valence-electron chi connectivity index (χ4n) is 3.10. The third-order valence-electron chi connectivity index (χ3n) is 4.42. The smallest absolute Gasteiger partial charge is 0.263 e. The molecule has 1 fully saturated rings. The van der Waals surface area contributed by atoms with E-state index in [9.17, 15) is 9.59 Å². The van der Waals surface area contributed by atoms with Crippen LogP contribution in [0.25, 0.3) is 0 Å². The number of hydrogen-bond acceptors (Lipinski definition) is 3. The fourth-order valence-corrected chi connectivity index (χ4v) is 3.10. The van der Waals surface area contributed by atoms with Crippen LogP contribution in [0, 0.1) is 6.92 Å². The van der Waals surface area contributed by atoms with Crippen LogP contribution in [0.2, 0.25) is 0 Å². The molecule has 0 radical (unpaired) electrons. The van der Waals surface area contributed by atoms with Gasteiger partial charge in [0.05, 0.1) is 6.54 Å². The van der Waals surface area contributed by atoms with Gasteiger partial charge in [0.1, 0.15) is 17.4 Å². The van der Waals surface area contributed by atoms with E-state index in [0.29, 0.717) is 19.6 Å². The molecule has 0 bridgehead atoms. The maximum absolute atomic E-state index is 12.7. The van der Waals surface area contributed by atoms with Gasteiger partial charge in [-0.05, 0) is 38.1 Å². The first-order valence-corrected chi connectivity index (χ1v) is 8.31. The molecule has 1 atom stereocenters. The Bertz CT molecular complexity index is 783. The second kappa shape index (κ2) is 6.91. The van der Waals surface area contributed by atoms with Crippen LogP contribution in [0.1, 0.15) is 29.4 Å². The van der Waals surface area contributed by atoms with Crippen molar-refractivity contribution in [1.29, 1.82) is 0 Å². The molecule has 5 heteroatoms. The summed E-state index contributed by atoms with van der Waals surface area (Å²) in [7, 11) is 0. The Balaban J connectivity index is 1.72. The van der Waals surface area contributed by atoms with Crippen LogP contribution in [0.15, 0.2) is 47.3 Å². The van der Waals surface area contributed by atoms with Gasteiger partial charge in [0, 0.05) is 25.2 Å². The number of ether oxygens (including phenoxy) is 1.